The van der Waals surface area contributed by atoms with Gasteiger partial charge in [0.15, 0.2) is 5.13 Å². The van der Waals surface area contributed by atoms with Crippen molar-refractivity contribution in [3.63, 3.8) is 0 Å². The van der Waals surface area contributed by atoms with Gasteiger partial charge >= 0.3 is 0 Å². The maximum absolute atomic E-state index is 13.6. The monoisotopic (exact) mass is 431 g/mol. The first-order chi connectivity index (χ1) is 14.9. The van der Waals surface area contributed by atoms with Crippen LogP contribution < -0.4 is 9.64 Å². The number of carbonyl (C=O) groups excluding carboxylic acids is 1. The van der Waals surface area contributed by atoms with Crippen LogP contribution in [0, 0.1) is 20.8 Å². The molecule has 4 aromatic rings. The number of ether oxygens (including phenoxy) is 1. The van der Waals surface area contributed by atoms with E-state index in [2.05, 4.69) is 37.9 Å². The van der Waals surface area contributed by atoms with E-state index in [1.807, 2.05) is 30.3 Å². The second-order valence-corrected chi connectivity index (χ2v) is 8.73. The van der Waals surface area contributed by atoms with Crippen molar-refractivity contribution >= 4 is 32.6 Å². The van der Waals surface area contributed by atoms with Crippen molar-refractivity contribution in [2.45, 2.75) is 33.7 Å². The molecule has 2 aromatic heterocycles. The minimum Gasteiger partial charge on any atom is -0.497 e. The summed E-state index contributed by atoms with van der Waals surface area (Å²) in [6.45, 7) is 6.64. The molecule has 0 fully saturated rings. The lowest BCUT2D eigenvalue weighted by Crippen LogP contribution is -2.32. The molecular weight excluding hydrogens is 406 g/mol. The number of methoxy groups -OCH3 is 1. The highest BCUT2D eigenvalue weighted by atomic mass is 32.1. The topological polar surface area (TPSA) is 55.3 Å². The zero-order valence-electron chi connectivity index (χ0n) is 18.2. The second kappa shape index (κ2) is 8.86. The third kappa shape index (κ3) is 4.59. The van der Waals surface area contributed by atoms with E-state index in [4.69, 9.17) is 9.72 Å². The lowest BCUT2D eigenvalue weighted by Gasteiger charge is -2.21. The Morgan fingerprint density at radius 2 is 1.87 bits per heavy atom. The summed E-state index contributed by atoms with van der Waals surface area (Å²) in [5.74, 6) is 0.795. The van der Waals surface area contributed by atoms with Crippen LogP contribution in [0.3, 0.4) is 0 Å². The van der Waals surface area contributed by atoms with E-state index in [0.717, 1.165) is 38.2 Å². The van der Waals surface area contributed by atoms with Crippen LogP contribution in [0.5, 0.6) is 5.75 Å². The highest BCUT2D eigenvalue weighted by molar-refractivity contribution is 7.22. The fourth-order valence-corrected chi connectivity index (χ4v) is 4.82. The Bertz CT molecular complexity index is 1210. The maximum Gasteiger partial charge on any atom is 0.233 e. The summed E-state index contributed by atoms with van der Waals surface area (Å²) in [5, 5.41) is 0.680. The van der Waals surface area contributed by atoms with Crippen molar-refractivity contribution in [3.05, 3.63) is 82.7 Å². The Hall–Kier alpha value is -3.25. The van der Waals surface area contributed by atoms with Crippen molar-refractivity contribution in [2.75, 3.05) is 12.0 Å². The highest BCUT2D eigenvalue weighted by Crippen LogP contribution is 2.33. The minimum atomic E-state index is 0.0185. The van der Waals surface area contributed by atoms with Gasteiger partial charge in [0.2, 0.25) is 5.91 Å². The molecule has 2 heterocycles. The van der Waals surface area contributed by atoms with Gasteiger partial charge in [0, 0.05) is 12.4 Å². The molecule has 0 unspecified atom stereocenters. The number of anilines is 1. The Balaban J connectivity index is 1.71. The van der Waals surface area contributed by atoms with Crippen molar-refractivity contribution in [3.8, 4) is 5.75 Å². The van der Waals surface area contributed by atoms with Crippen LogP contribution in [0.1, 0.15) is 27.8 Å². The Labute approximate surface area is 186 Å². The average molecular weight is 432 g/mol. The summed E-state index contributed by atoms with van der Waals surface area (Å²) in [6, 6.07) is 13.9. The van der Waals surface area contributed by atoms with Crippen molar-refractivity contribution < 1.29 is 9.53 Å². The molecule has 0 saturated heterocycles. The van der Waals surface area contributed by atoms with E-state index in [0.29, 0.717) is 18.1 Å². The predicted molar refractivity (Wildman–Crippen MR) is 126 cm³/mol. The zero-order chi connectivity index (χ0) is 22.0. The van der Waals surface area contributed by atoms with Crippen LogP contribution in [0.15, 0.2) is 54.9 Å². The normalized spacial score (nSPS) is 11.0. The standard InChI is InChI=1S/C25H25N3O2S/c1-16-10-17(2)21(18(3)11-16)13-24(29)28(15-19-6-5-9-26-14-19)25-27-22-8-7-20(30-4)12-23(22)31-25/h5-12,14H,13,15H2,1-4H3. The third-order valence-electron chi connectivity index (χ3n) is 5.35. The number of nitrogens with zero attached hydrogens (tertiary/aromatic N) is 3. The molecule has 0 radical (unpaired) electrons. The molecule has 0 aliphatic rings. The van der Waals surface area contributed by atoms with Crippen molar-refractivity contribution in [1.82, 2.24) is 9.97 Å². The van der Waals surface area contributed by atoms with Gasteiger partial charge in [-0.1, -0.05) is 35.1 Å². The van der Waals surface area contributed by atoms with Crippen LogP contribution in [0.4, 0.5) is 5.13 Å². The van der Waals surface area contributed by atoms with Gasteiger partial charge < -0.3 is 4.74 Å². The minimum absolute atomic E-state index is 0.0185. The lowest BCUT2D eigenvalue weighted by atomic mass is 9.97. The first-order valence-electron chi connectivity index (χ1n) is 10.1. The molecule has 4 rings (SSSR count). The van der Waals surface area contributed by atoms with E-state index in [-0.39, 0.29) is 5.91 Å². The molecule has 0 N–H and O–H groups in total. The number of rotatable bonds is 6. The lowest BCUT2D eigenvalue weighted by molar-refractivity contribution is -0.118. The number of benzene rings is 2. The number of hydrogen-bond acceptors (Lipinski definition) is 5. The first kappa shape index (κ1) is 21.0. The van der Waals surface area contributed by atoms with E-state index in [1.165, 1.54) is 16.9 Å². The maximum atomic E-state index is 13.6. The SMILES string of the molecule is COc1ccc2nc(N(Cc3cccnc3)C(=O)Cc3c(C)cc(C)cc3C)sc2c1. The van der Waals surface area contributed by atoms with Gasteiger partial charge in [0.05, 0.1) is 30.3 Å². The number of thiazole rings is 1. The van der Waals surface area contributed by atoms with Crippen LogP contribution >= 0.6 is 11.3 Å². The molecule has 31 heavy (non-hydrogen) atoms. The predicted octanol–water partition coefficient (Wildman–Crippen LogP) is 5.40. The molecule has 0 aliphatic heterocycles. The average Bonchev–Trinajstić information content (AvgIpc) is 3.18. The molecule has 0 saturated carbocycles. The molecule has 158 valence electrons. The van der Waals surface area contributed by atoms with E-state index < -0.39 is 0 Å². The summed E-state index contributed by atoms with van der Waals surface area (Å²) in [7, 11) is 1.65. The fourth-order valence-electron chi connectivity index (χ4n) is 3.81. The molecule has 0 spiro atoms. The Kier molecular flexibility index (Phi) is 6.00. The number of amides is 1. The Morgan fingerprint density at radius 1 is 1.10 bits per heavy atom. The number of pyridine rings is 1. The molecule has 2 aromatic carbocycles. The summed E-state index contributed by atoms with van der Waals surface area (Å²) in [5.41, 5.74) is 6.38. The van der Waals surface area contributed by atoms with Crippen molar-refractivity contribution in [1.29, 1.82) is 0 Å². The fraction of sp³-hybridized carbons (Fsp3) is 0.240. The summed E-state index contributed by atoms with van der Waals surface area (Å²) in [6.07, 6.45) is 3.86. The van der Waals surface area contributed by atoms with E-state index >= 15 is 0 Å². The van der Waals surface area contributed by atoms with Gasteiger partial charge in [-0.25, -0.2) is 4.98 Å². The largest absolute Gasteiger partial charge is 0.497 e. The quantitative estimate of drug-likeness (QED) is 0.410. The van der Waals surface area contributed by atoms with Crippen LogP contribution in [-0.2, 0) is 17.8 Å². The molecule has 5 nitrogen and oxygen atoms in total. The number of hydrogen-bond donors (Lipinski definition) is 0. The summed E-state index contributed by atoms with van der Waals surface area (Å²) >= 11 is 1.50. The molecular formula is C25H25N3O2S. The van der Waals surface area contributed by atoms with Crippen LogP contribution in [-0.4, -0.2) is 23.0 Å². The number of carbonyl (C=O) groups is 1. The van der Waals surface area contributed by atoms with Gasteiger partial charge in [0.1, 0.15) is 5.75 Å². The van der Waals surface area contributed by atoms with Crippen molar-refractivity contribution in [2.24, 2.45) is 0 Å². The van der Waals surface area contributed by atoms with Crippen LogP contribution in [0.2, 0.25) is 0 Å². The summed E-state index contributed by atoms with van der Waals surface area (Å²) in [4.78, 5) is 24.3. The molecule has 0 aliphatic carbocycles. The molecule has 0 atom stereocenters. The number of aromatic nitrogens is 2. The Morgan fingerprint density at radius 3 is 2.55 bits per heavy atom. The van der Waals surface area contributed by atoms with Gasteiger partial charge in [0.25, 0.3) is 0 Å². The van der Waals surface area contributed by atoms with E-state index in [1.54, 1.807) is 24.4 Å². The molecule has 6 heteroatoms. The highest BCUT2D eigenvalue weighted by Gasteiger charge is 2.22. The smallest absolute Gasteiger partial charge is 0.233 e. The number of aryl methyl sites for hydroxylation is 3. The van der Waals surface area contributed by atoms with Crippen LogP contribution in [0.25, 0.3) is 10.2 Å². The van der Waals surface area contributed by atoms with Gasteiger partial charge in [-0.05, 0) is 67.3 Å². The summed E-state index contributed by atoms with van der Waals surface area (Å²) < 4.78 is 6.33. The zero-order valence-corrected chi connectivity index (χ0v) is 19.0. The number of fused-ring (bicyclic) bond motifs is 1. The van der Waals surface area contributed by atoms with Gasteiger partial charge in [-0.15, -0.1) is 0 Å². The third-order valence-corrected chi connectivity index (χ3v) is 6.39. The van der Waals surface area contributed by atoms with Gasteiger partial charge in [-0.3, -0.25) is 14.7 Å². The first-order valence-corrected chi connectivity index (χ1v) is 11.0. The second-order valence-electron chi connectivity index (χ2n) is 7.73. The molecule has 1 amide bonds. The van der Waals surface area contributed by atoms with Gasteiger partial charge in [-0.2, -0.15) is 0 Å². The van der Waals surface area contributed by atoms with E-state index in [9.17, 15) is 4.79 Å². The molecule has 0 bridgehead atoms.